The van der Waals surface area contributed by atoms with Gasteiger partial charge in [0.25, 0.3) is 0 Å². The average Bonchev–Trinajstić information content (AvgIpc) is 2.94. The molecule has 132 valence electrons. The number of halogens is 2. The van der Waals surface area contributed by atoms with Gasteiger partial charge in [0.1, 0.15) is 0 Å². The summed E-state index contributed by atoms with van der Waals surface area (Å²) in [6.45, 7) is 3.71. The first kappa shape index (κ1) is 19.1. The van der Waals surface area contributed by atoms with Gasteiger partial charge in [-0.2, -0.15) is 0 Å². The van der Waals surface area contributed by atoms with Gasteiger partial charge in [-0.15, -0.1) is 16.8 Å². The van der Waals surface area contributed by atoms with Crippen LogP contribution in [-0.2, 0) is 4.79 Å². The Labute approximate surface area is 157 Å². The van der Waals surface area contributed by atoms with Gasteiger partial charge in [-0.1, -0.05) is 41.0 Å². The number of amides is 3. The molecule has 4 N–H and O–H groups in total. The lowest BCUT2D eigenvalue weighted by Crippen LogP contribution is -2.40. The van der Waals surface area contributed by atoms with Crippen molar-refractivity contribution in [3.8, 4) is 11.4 Å². The second kappa shape index (κ2) is 8.75. The number of hydrogen-bond acceptors (Lipinski definition) is 6. The maximum Gasteiger partial charge on any atom is 0.321 e. The third-order valence-electron chi connectivity index (χ3n) is 2.83. The van der Waals surface area contributed by atoms with Gasteiger partial charge >= 0.3 is 6.03 Å². The third-order valence-corrected chi connectivity index (χ3v) is 4.33. The molecule has 0 fully saturated rings. The van der Waals surface area contributed by atoms with Crippen LogP contribution in [0.1, 0.15) is 0 Å². The molecule has 2 aromatic rings. The van der Waals surface area contributed by atoms with E-state index in [1.165, 1.54) is 10.8 Å². The number of benzene rings is 1. The van der Waals surface area contributed by atoms with Crippen molar-refractivity contribution in [3.63, 3.8) is 0 Å². The number of carbonyl (C=O) groups excluding carboxylic acids is 2. The van der Waals surface area contributed by atoms with E-state index in [9.17, 15) is 9.59 Å². The first-order valence-electron chi connectivity index (χ1n) is 6.89. The van der Waals surface area contributed by atoms with E-state index in [0.717, 1.165) is 11.8 Å². The normalized spacial score (nSPS) is 10.3. The molecule has 0 aliphatic heterocycles. The number of hydrogen-bond donors (Lipinski definition) is 3. The van der Waals surface area contributed by atoms with Crippen LogP contribution in [0, 0.1) is 0 Å². The number of imide groups is 1. The summed E-state index contributed by atoms with van der Waals surface area (Å²) in [7, 11) is 0. The zero-order chi connectivity index (χ0) is 18.4. The Kier molecular flexibility index (Phi) is 6.68. The van der Waals surface area contributed by atoms with Crippen molar-refractivity contribution in [2.24, 2.45) is 0 Å². The first-order valence-corrected chi connectivity index (χ1v) is 8.63. The molecule has 11 heteroatoms. The Hall–Kier alpha value is -2.23. The minimum atomic E-state index is -0.605. The summed E-state index contributed by atoms with van der Waals surface area (Å²) in [4.78, 5) is 23.1. The summed E-state index contributed by atoms with van der Waals surface area (Å²) in [5, 5.41) is 13.7. The average molecular weight is 401 g/mol. The van der Waals surface area contributed by atoms with Gasteiger partial charge < -0.3 is 11.2 Å². The van der Waals surface area contributed by atoms with Gasteiger partial charge in [-0.25, -0.2) is 9.47 Å². The van der Waals surface area contributed by atoms with Crippen LogP contribution in [0.5, 0.6) is 0 Å². The van der Waals surface area contributed by atoms with Crippen LogP contribution >= 0.6 is 35.0 Å². The quantitative estimate of drug-likeness (QED) is 0.388. The SMILES string of the molecule is C=CCNC(=O)NC(=O)CSc1nnc(-c2cc(Cl)ccc2Cl)n1N. The Morgan fingerprint density at radius 3 is 2.84 bits per heavy atom. The van der Waals surface area contributed by atoms with Crippen molar-refractivity contribution in [1.29, 1.82) is 0 Å². The summed E-state index contributed by atoms with van der Waals surface area (Å²) in [5.41, 5.74) is 0.518. The predicted molar refractivity (Wildman–Crippen MR) is 98.1 cm³/mol. The van der Waals surface area contributed by atoms with E-state index < -0.39 is 11.9 Å². The monoisotopic (exact) mass is 400 g/mol. The van der Waals surface area contributed by atoms with Crippen LogP contribution < -0.4 is 16.5 Å². The van der Waals surface area contributed by atoms with Crippen molar-refractivity contribution in [2.75, 3.05) is 18.1 Å². The summed E-state index contributed by atoms with van der Waals surface area (Å²) in [6, 6.07) is 4.27. The van der Waals surface area contributed by atoms with Crippen molar-refractivity contribution in [1.82, 2.24) is 25.5 Å². The molecule has 8 nitrogen and oxygen atoms in total. The summed E-state index contributed by atoms with van der Waals surface area (Å²) in [6.07, 6.45) is 1.50. The Balaban J connectivity index is 2.02. The molecule has 0 aliphatic carbocycles. The molecular weight excluding hydrogens is 387 g/mol. The third kappa shape index (κ3) is 5.12. The highest BCUT2D eigenvalue weighted by Gasteiger charge is 2.17. The van der Waals surface area contributed by atoms with E-state index in [1.54, 1.807) is 18.2 Å². The van der Waals surface area contributed by atoms with Crippen molar-refractivity contribution >= 4 is 46.9 Å². The molecule has 0 saturated carbocycles. The zero-order valence-electron chi connectivity index (χ0n) is 12.8. The van der Waals surface area contributed by atoms with E-state index in [2.05, 4.69) is 27.4 Å². The highest BCUT2D eigenvalue weighted by molar-refractivity contribution is 7.99. The van der Waals surface area contributed by atoms with Gasteiger partial charge in [0.15, 0.2) is 5.82 Å². The molecule has 0 spiro atoms. The summed E-state index contributed by atoms with van der Waals surface area (Å²) in [5.74, 6) is 5.69. The van der Waals surface area contributed by atoms with Gasteiger partial charge in [0.05, 0.1) is 10.8 Å². The molecule has 0 saturated heterocycles. The van der Waals surface area contributed by atoms with Crippen molar-refractivity contribution < 1.29 is 9.59 Å². The van der Waals surface area contributed by atoms with E-state index in [0.29, 0.717) is 21.4 Å². The van der Waals surface area contributed by atoms with E-state index in [4.69, 9.17) is 29.0 Å². The lowest BCUT2D eigenvalue weighted by atomic mass is 10.2. The fourth-order valence-electron chi connectivity index (χ4n) is 1.73. The van der Waals surface area contributed by atoms with Gasteiger partial charge in [-0.3, -0.25) is 10.1 Å². The molecule has 25 heavy (non-hydrogen) atoms. The Bertz CT molecular complexity index is 811. The smallest absolute Gasteiger partial charge is 0.321 e. The van der Waals surface area contributed by atoms with Crippen LogP contribution in [0.25, 0.3) is 11.4 Å². The van der Waals surface area contributed by atoms with Crippen molar-refractivity contribution in [3.05, 3.63) is 40.9 Å². The second-order valence-corrected chi connectivity index (χ2v) is 6.42. The predicted octanol–water partition coefficient (Wildman–Crippen LogP) is 2.07. The fourth-order valence-corrected chi connectivity index (χ4v) is 2.76. The van der Waals surface area contributed by atoms with E-state index in [1.807, 2.05) is 0 Å². The Morgan fingerprint density at radius 1 is 1.36 bits per heavy atom. The molecule has 0 aliphatic rings. The number of aromatic nitrogens is 3. The topological polar surface area (TPSA) is 115 Å². The van der Waals surface area contributed by atoms with Gasteiger partial charge in [0, 0.05) is 17.1 Å². The molecule has 3 amide bonds. The fraction of sp³-hybridized carbons (Fsp3) is 0.143. The number of nitrogen functional groups attached to an aromatic ring is 1. The number of nitrogens with two attached hydrogens (primary N) is 1. The maximum absolute atomic E-state index is 11.7. The standard InChI is InChI=1S/C14H14Cl2N6O2S/c1-2-5-18-13(24)19-11(23)7-25-14-21-20-12(22(14)17)9-6-8(15)3-4-10(9)16/h2-4,6H,1,5,7,17H2,(H2,18,19,23,24). The van der Waals surface area contributed by atoms with E-state index >= 15 is 0 Å². The molecule has 0 radical (unpaired) electrons. The molecule has 0 atom stereocenters. The maximum atomic E-state index is 11.7. The largest absolute Gasteiger partial charge is 0.335 e. The number of urea groups is 1. The number of thioether (sulfide) groups is 1. The Morgan fingerprint density at radius 2 is 2.12 bits per heavy atom. The number of nitrogens with zero attached hydrogens (tertiary/aromatic N) is 3. The van der Waals surface area contributed by atoms with E-state index in [-0.39, 0.29) is 17.5 Å². The summed E-state index contributed by atoms with van der Waals surface area (Å²) < 4.78 is 1.20. The first-order chi connectivity index (χ1) is 11.9. The van der Waals surface area contributed by atoms with Crippen LogP contribution in [0.4, 0.5) is 4.79 Å². The summed E-state index contributed by atoms with van der Waals surface area (Å²) >= 11 is 13.1. The highest BCUT2D eigenvalue weighted by atomic mass is 35.5. The van der Waals surface area contributed by atoms with Gasteiger partial charge in [0.2, 0.25) is 11.1 Å². The number of rotatable bonds is 6. The van der Waals surface area contributed by atoms with Crippen LogP contribution in [0.3, 0.4) is 0 Å². The minimum absolute atomic E-state index is 0.0693. The zero-order valence-corrected chi connectivity index (χ0v) is 15.2. The molecular formula is C14H14Cl2N6O2S. The lowest BCUT2D eigenvalue weighted by Gasteiger charge is -2.06. The molecule has 1 aromatic carbocycles. The van der Waals surface area contributed by atoms with Crippen LogP contribution in [0.2, 0.25) is 10.0 Å². The number of carbonyl (C=O) groups is 2. The van der Waals surface area contributed by atoms with Crippen LogP contribution in [0.15, 0.2) is 36.0 Å². The molecule has 1 heterocycles. The second-order valence-electron chi connectivity index (χ2n) is 4.64. The molecule has 0 unspecified atom stereocenters. The molecule has 0 bridgehead atoms. The highest BCUT2D eigenvalue weighted by Crippen LogP contribution is 2.30. The van der Waals surface area contributed by atoms with Gasteiger partial charge in [-0.05, 0) is 18.2 Å². The number of nitrogens with one attached hydrogen (secondary N) is 2. The minimum Gasteiger partial charge on any atom is -0.335 e. The molecule has 2 rings (SSSR count). The van der Waals surface area contributed by atoms with Crippen molar-refractivity contribution in [2.45, 2.75) is 5.16 Å². The lowest BCUT2D eigenvalue weighted by molar-refractivity contribution is -0.117. The molecule has 1 aromatic heterocycles. The van der Waals surface area contributed by atoms with Crippen LogP contribution in [-0.4, -0.2) is 39.1 Å².